The Morgan fingerprint density at radius 1 is 1.42 bits per heavy atom. The van der Waals surface area contributed by atoms with Gasteiger partial charge in [-0.25, -0.2) is 9.59 Å². The van der Waals surface area contributed by atoms with E-state index < -0.39 is 18.5 Å². The van der Waals surface area contributed by atoms with Gasteiger partial charge in [0.2, 0.25) is 0 Å². The van der Waals surface area contributed by atoms with E-state index in [1.54, 1.807) is 0 Å². The predicted octanol–water partition coefficient (Wildman–Crippen LogP) is 0.209. The zero-order valence-corrected chi connectivity index (χ0v) is 10.2. The molecule has 0 N–H and O–H groups in total. The normalized spacial score (nSPS) is 37.9. The quantitative estimate of drug-likeness (QED) is 0.411. The lowest BCUT2D eigenvalue weighted by Gasteiger charge is -2.25. The molecule has 0 aromatic heterocycles. The van der Waals surface area contributed by atoms with E-state index in [0.29, 0.717) is 0 Å². The molecule has 3 aliphatic rings. The molecule has 2 aliphatic carbocycles. The van der Waals surface area contributed by atoms with E-state index >= 15 is 0 Å². The van der Waals surface area contributed by atoms with Gasteiger partial charge in [-0.2, -0.15) is 0 Å². The Labute approximate surface area is 109 Å². The first-order valence-corrected chi connectivity index (χ1v) is 6.29. The summed E-state index contributed by atoms with van der Waals surface area (Å²) >= 11 is 0. The van der Waals surface area contributed by atoms with E-state index in [9.17, 15) is 14.4 Å². The zero-order chi connectivity index (χ0) is 13.6. The lowest BCUT2D eigenvalue weighted by atomic mass is 9.88. The number of fused-ring (bicyclic) bond motifs is 1. The van der Waals surface area contributed by atoms with Crippen LogP contribution < -0.4 is 0 Å². The van der Waals surface area contributed by atoms with E-state index in [2.05, 4.69) is 11.3 Å². The Morgan fingerprint density at radius 3 is 2.95 bits per heavy atom. The SMILES string of the molecule is C=CC(=O)OCC(=O)OC1C2OC(=O)C3C[C@@H]1CC32. The van der Waals surface area contributed by atoms with Crippen LogP contribution in [0, 0.1) is 17.8 Å². The van der Waals surface area contributed by atoms with E-state index in [1.165, 1.54) is 0 Å². The Hall–Kier alpha value is -1.85. The fourth-order valence-electron chi connectivity index (χ4n) is 3.44. The Morgan fingerprint density at radius 2 is 2.21 bits per heavy atom. The van der Waals surface area contributed by atoms with Crippen molar-refractivity contribution < 1.29 is 28.6 Å². The largest absolute Gasteiger partial charge is 0.458 e. The highest BCUT2D eigenvalue weighted by atomic mass is 16.6. The summed E-state index contributed by atoms with van der Waals surface area (Å²) in [4.78, 5) is 33.9. The molecule has 0 aromatic rings. The maximum Gasteiger partial charge on any atom is 0.344 e. The third-order valence-corrected chi connectivity index (χ3v) is 4.18. The lowest BCUT2D eigenvalue weighted by Crippen LogP contribution is -2.37. The molecule has 3 fully saturated rings. The number of ether oxygens (including phenoxy) is 3. The summed E-state index contributed by atoms with van der Waals surface area (Å²) in [7, 11) is 0. The number of carbonyl (C=O) groups excluding carboxylic acids is 3. The molecule has 1 saturated heterocycles. The fourth-order valence-corrected chi connectivity index (χ4v) is 3.44. The van der Waals surface area contributed by atoms with E-state index in [-0.39, 0.29) is 35.9 Å². The molecule has 5 atom stereocenters. The second kappa shape index (κ2) is 4.36. The molecule has 1 aliphatic heterocycles. The first kappa shape index (κ1) is 12.2. The highest BCUT2D eigenvalue weighted by molar-refractivity contribution is 5.83. The van der Waals surface area contributed by atoms with E-state index in [0.717, 1.165) is 18.9 Å². The minimum absolute atomic E-state index is 0.0106. The average Bonchev–Trinajstić information content (AvgIpc) is 3.00. The molecule has 102 valence electrons. The van der Waals surface area contributed by atoms with Gasteiger partial charge in [0, 0.05) is 17.9 Å². The number of rotatable bonds is 4. The van der Waals surface area contributed by atoms with Crippen LogP contribution in [0.4, 0.5) is 0 Å². The van der Waals surface area contributed by atoms with Gasteiger partial charge in [-0.3, -0.25) is 4.79 Å². The molecule has 0 amide bonds. The minimum atomic E-state index is -0.669. The molecule has 0 spiro atoms. The molecule has 4 unspecified atom stereocenters. The first-order valence-electron chi connectivity index (χ1n) is 6.29. The second-order valence-electron chi connectivity index (χ2n) is 5.17. The second-order valence-corrected chi connectivity index (χ2v) is 5.17. The zero-order valence-electron chi connectivity index (χ0n) is 10.2. The van der Waals surface area contributed by atoms with Gasteiger partial charge in [0.25, 0.3) is 0 Å². The number of esters is 3. The van der Waals surface area contributed by atoms with Crippen LogP contribution in [-0.4, -0.2) is 36.7 Å². The molecule has 6 heteroatoms. The highest BCUT2D eigenvalue weighted by Gasteiger charge is 2.63. The van der Waals surface area contributed by atoms with Crippen LogP contribution in [-0.2, 0) is 28.6 Å². The van der Waals surface area contributed by atoms with Crippen LogP contribution in [0.3, 0.4) is 0 Å². The summed E-state index contributed by atoms with van der Waals surface area (Å²) in [5.74, 6) is -1.10. The van der Waals surface area contributed by atoms with Gasteiger partial charge in [0.1, 0.15) is 12.2 Å². The molecule has 2 bridgehead atoms. The lowest BCUT2D eigenvalue weighted by molar-refractivity contribution is -0.168. The van der Waals surface area contributed by atoms with Crippen molar-refractivity contribution in [2.75, 3.05) is 6.61 Å². The topological polar surface area (TPSA) is 78.9 Å². The fraction of sp³-hybridized carbons (Fsp3) is 0.615. The summed E-state index contributed by atoms with van der Waals surface area (Å²) in [6.07, 6.45) is 1.88. The van der Waals surface area contributed by atoms with Gasteiger partial charge in [-0.15, -0.1) is 0 Å². The standard InChI is InChI=1S/C13H14O6/c1-2-9(14)17-5-10(15)18-11-6-3-7-8(4-6)13(16)19-12(7)11/h2,6-8,11-12H,1,3-5H2/t6-,7?,8?,11?,12?/m0/s1. The van der Waals surface area contributed by atoms with Crippen molar-refractivity contribution in [3.63, 3.8) is 0 Å². The van der Waals surface area contributed by atoms with Gasteiger partial charge < -0.3 is 14.2 Å². The van der Waals surface area contributed by atoms with Crippen molar-refractivity contribution >= 4 is 17.9 Å². The molecule has 3 rings (SSSR count). The van der Waals surface area contributed by atoms with Crippen LogP contribution in [0.25, 0.3) is 0 Å². The molecule has 0 radical (unpaired) electrons. The summed E-state index contributed by atoms with van der Waals surface area (Å²) in [5, 5.41) is 0. The number of hydrogen-bond donors (Lipinski definition) is 0. The molecular formula is C13H14O6. The summed E-state index contributed by atoms with van der Waals surface area (Å²) in [6, 6.07) is 0. The third kappa shape index (κ3) is 1.91. The number of carbonyl (C=O) groups is 3. The van der Waals surface area contributed by atoms with Crippen molar-refractivity contribution in [3.8, 4) is 0 Å². The van der Waals surface area contributed by atoms with Crippen molar-refractivity contribution in [3.05, 3.63) is 12.7 Å². The van der Waals surface area contributed by atoms with Gasteiger partial charge in [0.15, 0.2) is 6.61 Å². The Kier molecular flexibility index (Phi) is 2.80. The molecule has 1 heterocycles. The van der Waals surface area contributed by atoms with Crippen molar-refractivity contribution in [1.82, 2.24) is 0 Å². The van der Waals surface area contributed by atoms with Gasteiger partial charge in [-0.05, 0) is 12.8 Å². The van der Waals surface area contributed by atoms with Crippen LogP contribution >= 0.6 is 0 Å². The monoisotopic (exact) mass is 266 g/mol. The van der Waals surface area contributed by atoms with Crippen LogP contribution in [0.5, 0.6) is 0 Å². The molecule has 19 heavy (non-hydrogen) atoms. The van der Waals surface area contributed by atoms with Crippen LogP contribution in [0.2, 0.25) is 0 Å². The molecule has 2 saturated carbocycles. The Bertz CT molecular complexity index is 456. The summed E-state index contributed by atoms with van der Waals surface area (Å²) < 4.78 is 15.2. The van der Waals surface area contributed by atoms with Gasteiger partial charge >= 0.3 is 17.9 Å². The van der Waals surface area contributed by atoms with Crippen molar-refractivity contribution in [2.24, 2.45) is 17.8 Å². The van der Waals surface area contributed by atoms with Gasteiger partial charge in [0.05, 0.1) is 5.92 Å². The molecule has 6 nitrogen and oxygen atoms in total. The van der Waals surface area contributed by atoms with Gasteiger partial charge in [-0.1, -0.05) is 6.58 Å². The van der Waals surface area contributed by atoms with E-state index in [1.807, 2.05) is 0 Å². The summed E-state index contributed by atoms with van der Waals surface area (Å²) in [6.45, 7) is 2.79. The van der Waals surface area contributed by atoms with Crippen molar-refractivity contribution in [1.29, 1.82) is 0 Å². The van der Waals surface area contributed by atoms with Crippen molar-refractivity contribution in [2.45, 2.75) is 25.0 Å². The molecular weight excluding hydrogens is 252 g/mol. The maximum absolute atomic E-state index is 11.6. The van der Waals surface area contributed by atoms with Crippen LogP contribution in [0.1, 0.15) is 12.8 Å². The Balaban J connectivity index is 1.57. The smallest absolute Gasteiger partial charge is 0.344 e. The third-order valence-electron chi connectivity index (χ3n) is 4.18. The minimum Gasteiger partial charge on any atom is -0.458 e. The highest BCUT2D eigenvalue weighted by Crippen LogP contribution is 2.55. The van der Waals surface area contributed by atoms with E-state index in [4.69, 9.17) is 9.47 Å². The number of hydrogen-bond acceptors (Lipinski definition) is 6. The van der Waals surface area contributed by atoms with Crippen LogP contribution in [0.15, 0.2) is 12.7 Å². The molecule has 0 aromatic carbocycles. The maximum atomic E-state index is 11.6. The first-order chi connectivity index (χ1) is 9.10. The predicted molar refractivity (Wildman–Crippen MR) is 60.6 cm³/mol. The summed E-state index contributed by atoms with van der Waals surface area (Å²) in [5.41, 5.74) is 0. The average molecular weight is 266 g/mol.